The van der Waals surface area contributed by atoms with Gasteiger partial charge in [-0.05, 0) is 37.0 Å². The number of hydrogen-bond donors (Lipinski definition) is 0. The number of pyridine rings is 1. The fraction of sp³-hybridized carbons (Fsp3) is 0.269. The zero-order valence-electron chi connectivity index (χ0n) is 16.4. The molecule has 0 radical (unpaired) electrons. The molecule has 6 rings (SSSR count). The van der Waals surface area contributed by atoms with Gasteiger partial charge in [-0.3, -0.25) is 0 Å². The van der Waals surface area contributed by atoms with Gasteiger partial charge in [0, 0.05) is 22.2 Å². The lowest BCUT2D eigenvalue weighted by molar-refractivity contribution is 0.0687. The second-order valence-corrected chi connectivity index (χ2v) is 8.29. The fourth-order valence-corrected chi connectivity index (χ4v) is 5.06. The van der Waals surface area contributed by atoms with E-state index < -0.39 is 0 Å². The molecule has 0 spiro atoms. The van der Waals surface area contributed by atoms with E-state index in [9.17, 15) is 0 Å². The number of nitrogens with zero attached hydrogens (tertiary/aromatic N) is 2. The van der Waals surface area contributed by atoms with Crippen molar-refractivity contribution in [3.05, 3.63) is 89.4 Å². The number of hydrogen-bond acceptors (Lipinski definition) is 3. The van der Waals surface area contributed by atoms with Crippen molar-refractivity contribution >= 4 is 22.7 Å². The van der Waals surface area contributed by atoms with Gasteiger partial charge >= 0.3 is 0 Å². The Balaban J connectivity index is 1.52. The molecule has 1 saturated carbocycles. The van der Waals surface area contributed by atoms with Gasteiger partial charge in [-0.15, -0.1) is 0 Å². The van der Waals surface area contributed by atoms with Gasteiger partial charge < -0.3 is 9.64 Å². The van der Waals surface area contributed by atoms with Crippen LogP contribution in [0.5, 0.6) is 0 Å². The normalized spacial score (nSPS) is 21.2. The first-order valence-corrected chi connectivity index (χ1v) is 10.7. The summed E-state index contributed by atoms with van der Waals surface area (Å²) < 4.78 is 6.30. The highest BCUT2D eigenvalue weighted by Gasteiger charge is 2.40. The molecule has 1 aliphatic carbocycles. The minimum absolute atomic E-state index is 0.126. The molecule has 0 amide bonds. The summed E-state index contributed by atoms with van der Waals surface area (Å²) >= 11 is 0. The average Bonchev–Trinajstić information content (AvgIpc) is 3.24. The molecule has 144 valence electrons. The second kappa shape index (κ2) is 6.77. The Labute approximate surface area is 171 Å². The largest absolute Gasteiger partial charge is 0.471 e. The lowest BCUT2D eigenvalue weighted by Gasteiger charge is -2.39. The maximum atomic E-state index is 6.30. The monoisotopic (exact) mass is 380 g/mol. The molecular formula is C26H24N2O. The molecule has 0 N–H and O–H groups in total. The highest BCUT2D eigenvalue weighted by molar-refractivity contribution is 5.82. The molecular weight excluding hydrogens is 356 g/mol. The molecule has 3 aromatic rings. The zero-order valence-corrected chi connectivity index (χ0v) is 16.4. The van der Waals surface area contributed by atoms with E-state index in [1.165, 1.54) is 43.4 Å². The molecule has 3 heteroatoms. The van der Waals surface area contributed by atoms with E-state index >= 15 is 0 Å². The first kappa shape index (κ1) is 16.8. The zero-order chi connectivity index (χ0) is 19.2. The van der Waals surface area contributed by atoms with Crippen molar-refractivity contribution in [2.24, 2.45) is 5.92 Å². The third-order valence-electron chi connectivity index (χ3n) is 6.51. The van der Waals surface area contributed by atoms with Crippen LogP contribution in [0, 0.1) is 5.92 Å². The molecule has 1 atom stereocenters. The summed E-state index contributed by atoms with van der Waals surface area (Å²) in [5.74, 6) is 0.571. The molecule has 29 heavy (non-hydrogen) atoms. The van der Waals surface area contributed by atoms with Crippen LogP contribution in [0.4, 0.5) is 0 Å². The molecule has 2 aromatic carbocycles. The number of ether oxygens (including phenoxy) is 1. The van der Waals surface area contributed by atoms with Gasteiger partial charge in [-0.2, -0.15) is 0 Å². The molecule has 3 aliphatic rings. The second-order valence-electron chi connectivity index (χ2n) is 8.29. The minimum atomic E-state index is -0.126. The SMILES string of the molecule is C1=C(c2ccccc2)N2C(C3CCCCC3)=Cc3nc4ccccc4cc3[C@H]2O1. The van der Waals surface area contributed by atoms with Crippen LogP contribution in [-0.2, 0) is 4.74 Å². The van der Waals surface area contributed by atoms with Crippen LogP contribution in [-0.4, -0.2) is 9.88 Å². The van der Waals surface area contributed by atoms with Gasteiger partial charge in [-0.1, -0.05) is 67.8 Å². The minimum Gasteiger partial charge on any atom is -0.471 e. The maximum Gasteiger partial charge on any atom is 0.204 e. The molecule has 1 aromatic heterocycles. The van der Waals surface area contributed by atoms with Crippen LogP contribution >= 0.6 is 0 Å². The number of aromatic nitrogens is 1. The summed E-state index contributed by atoms with van der Waals surface area (Å²) in [5.41, 5.74) is 7.00. The standard InChI is InChI=1S/C26H24N2O/c1-3-9-18(10-4-1)24-16-23-21(15-20-13-7-8-14-22(20)27-23)26-28(24)25(17-29-26)19-11-5-2-6-12-19/h2,5-8,11-18,26H,1,3-4,9-10H2/t26-/m1/s1. The summed E-state index contributed by atoms with van der Waals surface area (Å²) in [6.07, 6.45) is 10.6. The Hall–Kier alpha value is -3.07. The van der Waals surface area contributed by atoms with Gasteiger partial charge in [0.2, 0.25) is 6.23 Å². The average molecular weight is 380 g/mol. The predicted octanol–water partition coefficient (Wildman–Crippen LogP) is 6.50. The van der Waals surface area contributed by atoms with E-state index in [1.54, 1.807) is 0 Å². The maximum absolute atomic E-state index is 6.30. The topological polar surface area (TPSA) is 25.4 Å². The van der Waals surface area contributed by atoms with Gasteiger partial charge in [0.1, 0.15) is 6.26 Å². The van der Waals surface area contributed by atoms with Crippen molar-refractivity contribution in [3.8, 4) is 0 Å². The van der Waals surface area contributed by atoms with Gasteiger partial charge in [-0.25, -0.2) is 4.98 Å². The fourth-order valence-electron chi connectivity index (χ4n) is 5.06. The van der Waals surface area contributed by atoms with Crippen LogP contribution in [0.2, 0.25) is 0 Å². The lowest BCUT2D eigenvalue weighted by atomic mass is 9.84. The Morgan fingerprint density at radius 2 is 1.69 bits per heavy atom. The van der Waals surface area contributed by atoms with Crippen molar-refractivity contribution in [1.82, 2.24) is 9.88 Å². The summed E-state index contributed by atoms with van der Waals surface area (Å²) in [4.78, 5) is 7.45. The molecule has 0 bridgehead atoms. The summed E-state index contributed by atoms with van der Waals surface area (Å²) in [5, 5.41) is 1.16. The third kappa shape index (κ3) is 2.76. The van der Waals surface area contributed by atoms with Gasteiger partial charge in [0.05, 0.1) is 16.9 Å². The van der Waals surface area contributed by atoms with E-state index in [0.29, 0.717) is 5.92 Å². The highest BCUT2D eigenvalue weighted by atomic mass is 16.5. The Kier molecular flexibility index (Phi) is 3.93. The van der Waals surface area contributed by atoms with E-state index in [-0.39, 0.29) is 6.23 Å². The van der Waals surface area contributed by atoms with Crippen LogP contribution in [0.1, 0.15) is 55.2 Å². The summed E-state index contributed by atoms with van der Waals surface area (Å²) in [6.45, 7) is 0. The number of rotatable bonds is 2. The number of fused-ring (bicyclic) bond motifs is 4. The molecule has 3 heterocycles. The molecule has 1 fully saturated rings. The van der Waals surface area contributed by atoms with Crippen LogP contribution < -0.4 is 0 Å². The van der Waals surface area contributed by atoms with Crippen molar-refractivity contribution in [2.45, 2.75) is 38.3 Å². The summed E-state index contributed by atoms with van der Waals surface area (Å²) in [7, 11) is 0. The van der Waals surface area contributed by atoms with Crippen LogP contribution in [0.25, 0.3) is 22.7 Å². The van der Waals surface area contributed by atoms with Crippen molar-refractivity contribution in [1.29, 1.82) is 0 Å². The number of benzene rings is 2. The quantitative estimate of drug-likeness (QED) is 0.507. The van der Waals surface area contributed by atoms with Crippen molar-refractivity contribution in [3.63, 3.8) is 0 Å². The van der Waals surface area contributed by atoms with Crippen molar-refractivity contribution < 1.29 is 4.74 Å². The van der Waals surface area contributed by atoms with E-state index in [1.807, 2.05) is 6.26 Å². The van der Waals surface area contributed by atoms with E-state index in [0.717, 1.165) is 27.9 Å². The number of allylic oxidation sites excluding steroid dienone is 1. The van der Waals surface area contributed by atoms with Gasteiger partial charge in [0.15, 0.2) is 0 Å². The van der Waals surface area contributed by atoms with Crippen LogP contribution in [0.3, 0.4) is 0 Å². The van der Waals surface area contributed by atoms with E-state index in [4.69, 9.17) is 9.72 Å². The molecule has 0 unspecified atom stereocenters. The summed E-state index contributed by atoms with van der Waals surface area (Å²) in [6, 6.07) is 21.2. The first-order valence-electron chi connectivity index (χ1n) is 10.7. The molecule has 3 nitrogen and oxygen atoms in total. The van der Waals surface area contributed by atoms with Gasteiger partial charge in [0.25, 0.3) is 0 Å². The number of para-hydroxylation sites is 1. The molecule has 2 aliphatic heterocycles. The Bertz CT molecular complexity index is 1130. The van der Waals surface area contributed by atoms with Crippen LogP contribution in [0.15, 0.2) is 72.6 Å². The molecule has 0 saturated heterocycles. The smallest absolute Gasteiger partial charge is 0.204 e. The predicted molar refractivity (Wildman–Crippen MR) is 116 cm³/mol. The third-order valence-corrected chi connectivity index (χ3v) is 6.51. The Morgan fingerprint density at radius 3 is 2.55 bits per heavy atom. The lowest BCUT2D eigenvalue weighted by Crippen LogP contribution is -2.31. The first-order chi connectivity index (χ1) is 14.4. The Morgan fingerprint density at radius 1 is 0.897 bits per heavy atom. The van der Waals surface area contributed by atoms with E-state index in [2.05, 4.69) is 71.6 Å². The highest BCUT2D eigenvalue weighted by Crippen LogP contribution is 2.49. The van der Waals surface area contributed by atoms with Crippen molar-refractivity contribution in [2.75, 3.05) is 0 Å².